The summed E-state index contributed by atoms with van der Waals surface area (Å²) in [4.78, 5) is 13.5. The molecule has 0 radical (unpaired) electrons. The number of methoxy groups -OCH3 is 1. The first-order valence-electron chi connectivity index (χ1n) is 11.9. The van der Waals surface area contributed by atoms with Gasteiger partial charge in [-0.1, -0.05) is 97.1 Å². The molecule has 36 heavy (non-hydrogen) atoms. The maximum absolute atomic E-state index is 13.5. The summed E-state index contributed by atoms with van der Waals surface area (Å²) in [6.07, 6.45) is 0. The van der Waals surface area contributed by atoms with E-state index in [2.05, 4.69) is 0 Å². The van der Waals surface area contributed by atoms with E-state index in [9.17, 15) is 4.79 Å². The lowest BCUT2D eigenvalue weighted by atomic mass is 9.92. The van der Waals surface area contributed by atoms with Crippen molar-refractivity contribution in [3.8, 4) is 50.7 Å². The van der Waals surface area contributed by atoms with Crippen LogP contribution >= 0.6 is 0 Å². The average Bonchev–Trinajstić information content (AvgIpc) is 3.35. The van der Waals surface area contributed by atoms with Gasteiger partial charge in [0.05, 0.1) is 13.7 Å². The maximum atomic E-state index is 13.5. The van der Waals surface area contributed by atoms with Crippen LogP contribution in [0.5, 0.6) is 5.75 Å². The van der Waals surface area contributed by atoms with Crippen LogP contribution in [0.4, 0.5) is 0 Å². The zero-order chi connectivity index (χ0) is 24.9. The van der Waals surface area contributed by atoms with Gasteiger partial charge < -0.3 is 13.9 Å². The van der Waals surface area contributed by atoms with Gasteiger partial charge in [-0.05, 0) is 35.7 Å². The average molecular weight is 475 g/mol. The molecule has 1 heterocycles. The molecule has 178 valence electrons. The first-order chi connectivity index (χ1) is 17.7. The number of hydrogen-bond acceptors (Lipinski definition) is 4. The van der Waals surface area contributed by atoms with Gasteiger partial charge in [0.1, 0.15) is 17.1 Å². The molecule has 1 aromatic heterocycles. The highest BCUT2D eigenvalue weighted by Gasteiger charge is 2.30. The summed E-state index contributed by atoms with van der Waals surface area (Å²) in [5.41, 5.74) is 5.58. The largest absolute Gasteiger partial charge is 0.497 e. The maximum Gasteiger partial charge on any atom is 0.342 e. The van der Waals surface area contributed by atoms with E-state index in [0.29, 0.717) is 17.1 Å². The Bertz CT molecular complexity index is 1480. The van der Waals surface area contributed by atoms with Crippen molar-refractivity contribution in [1.82, 2.24) is 0 Å². The van der Waals surface area contributed by atoms with Gasteiger partial charge in [0.2, 0.25) is 0 Å². The third-order valence-corrected chi connectivity index (χ3v) is 6.04. The quantitative estimate of drug-likeness (QED) is 0.223. The van der Waals surface area contributed by atoms with E-state index >= 15 is 0 Å². The molecule has 0 saturated carbocycles. The molecule has 4 heteroatoms. The predicted molar refractivity (Wildman–Crippen MR) is 143 cm³/mol. The summed E-state index contributed by atoms with van der Waals surface area (Å²) in [5.74, 6) is 1.44. The Morgan fingerprint density at radius 3 is 1.97 bits per heavy atom. The molecule has 0 aliphatic carbocycles. The molecule has 0 aliphatic rings. The minimum atomic E-state index is -0.419. The lowest BCUT2D eigenvalue weighted by Crippen LogP contribution is -2.07. The number of esters is 1. The molecule has 0 bridgehead atoms. The zero-order valence-electron chi connectivity index (χ0n) is 20.2. The normalized spacial score (nSPS) is 10.7. The molecular formula is C32H26O4. The van der Waals surface area contributed by atoms with Crippen molar-refractivity contribution in [3.63, 3.8) is 0 Å². The van der Waals surface area contributed by atoms with Gasteiger partial charge in [-0.3, -0.25) is 0 Å². The minimum absolute atomic E-state index is 0.260. The molecule has 0 saturated heterocycles. The van der Waals surface area contributed by atoms with Crippen molar-refractivity contribution < 1.29 is 18.7 Å². The van der Waals surface area contributed by atoms with E-state index in [0.717, 1.165) is 39.1 Å². The fourth-order valence-electron chi connectivity index (χ4n) is 4.42. The number of carbonyl (C=O) groups is 1. The number of ether oxygens (including phenoxy) is 2. The minimum Gasteiger partial charge on any atom is -0.497 e. The molecule has 5 aromatic rings. The number of rotatable bonds is 7. The van der Waals surface area contributed by atoms with E-state index in [1.807, 2.05) is 116 Å². The van der Waals surface area contributed by atoms with E-state index in [4.69, 9.17) is 13.9 Å². The highest BCUT2D eigenvalue weighted by atomic mass is 16.5. The van der Waals surface area contributed by atoms with Crippen LogP contribution in [0.3, 0.4) is 0 Å². The van der Waals surface area contributed by atoms with Gasteiger partial charge in [-0.15, -0.1) is 0 Å². The van der Waals surface area contributed by atoms with Gasteiger partial charge in [-0.25, -0.2) is 4.79 Å². The molecule has 0 spiro atoms. The van der Waals surface area contributed by atoms with Crippen LogP contribution in [-0.2, 0) is 4.74 Å². The molecule has 4 nitrogen and oxygen atoms in total. The second kappa shape index (κ2) is 10.4. The van der Waals surface area contributed by atoms with Gasteiger partial charge in [-0.2, -0.15) is 0 Å². The van der Waals surface area contributed by atoms with E-state index in [1.165, 1.54) is 0 Å². The second-order valence-corrected chi connectivity index (χ2v) is 8.24. The van der Waals surface area contributed by atoms with Crippen LogP contribution in [0.1, 0.15) is 17.3 Å². The molecule has 5 rings (SSSR count). The molecule has 4 aromatic carbocycles. The van der Waals surface area contributed by atoms with Crippen molar-refractivity contribution in [3.05, 3.63) is 115 Å². The predicted octanol–water partition coefficient (Wildman–Crippen LogP) is 8.13. The molecular weight excluding hydrogens is 448 g/mol. The van der Waals surface area contributed by atoms with Crippen molar-refractivity contribution >= 4 is 5.97 Å². The van der Waals surface area contributed by atoms with E-state index in [1.54, 1.807) is 7.11 Å². The fourth-order valence-corrected chi connectivity index (χ4v) is 4.42. The Morgan fingerprint density at radius 2 is 1.31 bits per heavy atom. The summed E-state index contributed by atoms with van der Waals surface area (Å²) < 4.78 is 17.6. The number of hydrogen-bond donors (Lipinski definition) is 0. The van der Waals surface area contributed by atoms with Crippen LogP contribution in [-0.4, -0.2) is 19.7 Å². The summed E-state index contributed by atoms with van der Waals surface area (Å²) in [5, 5.41) is 0. The summed E-state index contributed by atoms with van der Waals surface area (Å²) >= 11 is 0. The van der Waals surface area contributed by atoms with Crippen molar-refractivity contribution in [2.75, 3.05) is 13.7 Å². The summed E-state index contributed by atoms with van der Waals surface area (Å²) in [6.45, 7) is 2.07. The number of carbonyl (C=O) groups excluding carboxylic acids is 1. The highest BCUT2D eigenvalue weighted by Crippen LogP contribution is 2.46. The van der Waals surface area contributed by atoms with Crippen LogP contribution in [0, 0.1) is 0 Å². The Hall–Kier alpha value is -4.57. The topological polar surface area (TPSA) is 48.7 Å². The second-order valence-electron chi connectivity index (χ2n) is 8.24. The molecule has 0 aliphatic heterocycles. The SMILES string of the molecule is CCOC(=O)c1c(-c2ccccc2-c2cccc(OC)c2)oc(-c2ccccc2)c1-c1ccccc1. The third kappa shape index (κ3) is 4.41. The van der Waals surface area contributed by atoms with Gasteiger partial charge in [0.25, 0.3) is 0 Å². The van der Waals surface area contributed by atoms with Gasteiger partial charge in [0.15, 0.2) is 5.76 Å². The first-order valence-corrected chi connectivity index (χ1v) is 11.9. The lowest BCUT2D eigenvalue weighted by Gasteiger charge is -2.11. The standard InChI is InChI=1S/C32H26O4/c1-3-35-32(33)29-28(22-13-6-4-7-14-22)30(23-15-8-5-9-16-23)36-31(29)27-20-11-10-19-26(27)24-17-12-18-25(21-24)34-2/h4-21H,3H2,1-2H3. The van der Waals surface area contributed by atoms with Crippen LogP contribution in [0.15, 0.2) is 114 Å². The molecule has 0 N–H and O–H groups in total. The number of furan rings is 1. The Labute approximate surface area is 210 Å². The first kappa shape index (κ1) is 23.2. The zero-order valence-corrected chi connectivity index (χ0v) is 20.2. The smallest absolute Gasteiger partial charge is 0.342 e. The summed E-state index contributed by atoms with van der Waals surface area (Å²) in [7, 11) is 1.65. The van der Waals surface area contributed by atoms with Gasteiger partial charge in [0, 0.05) is 16.7 Å². The third-order valence-electron chi connectivity index (χ3n) is 6.04. The molecule has 0 unspecified atom stereocenters. The molecule has 0 amide bonds. The Balaban J connectivity index is 1.83. The monoisotopic (exact) mass is 474 g/mol. The van der Waals surface area contributed by atoms with E-state index < -0.39 is 5.97 Å². The molecule has 0 fully saturated rings. The Morgan fingerprint density at radius 1 is 0.694 bits per heavy atom. The Kier molecular flexibility index (Phi) is 6.67. The van der Waals surface area contributed by atoms with E-state index in [-0.39, 0.29) is 6.61 Å². The van der Waals surface area contributed by atoms with Crippen LogP contribution < -0.4 is 4.74 Å². The van der Waals surface area contributed by atoms with Crippen molar-refractivity contribution in [2.24, 2.45) is 0 Å². The lowest BCUT2D eigenvalue weighted by molar-refractivity contribution is 0.0527. The molecule has 0 atom stereocenters. The van der Waals surface area contributed by atoms with Crippen molar-refractivity contribution in [1.29, 1.82) is 0 Å². The van der Waals surface area contributed by atoms with Crippen LogP contribution in [0.25, 0.3) is 44.9 Å². The highest BCUT2D eigenvalue weighted by molar-refractivity contribution is 6.08. The van der Waals surface area contributed by atoms with Crippen LogP contribution in [0.2, 0.25) is 0 Å². The summed E-state index contributed by atoms with van der Waals surface area (Å²) in [6, 6.07) is 35.4. The van der Waals surface area contributed by atoms with Crippen molar-refractivity contribution in [2.45, 2.75) is 6.92 Å². The number of benzene rings is 4. The fraction of sp³-hybridized carbons (Fsp3) is 0.0938. The van der Waals surface area contributed by atoms with Gasteiger partial charge >= 0.3 is 5.97 Å².